The molecule has 30 heavy (non-hydrogen) atoms. The number of aromatic nitrogens is 1. The van der Waals surface area contributed by atoms with E-state index in [9.17, 15) is 13.2 Å². The van der Waals surface area contributed by atoms with Crippen LogP contribution in [0, 0.1) is 0 Å². The molecule has 158 valence electrons. The van der Waals surface area contributed by atoms with Gasteiger partial charge in [-0.1, -0.05) is 0 Å². The van der Waals surface area contributed by atoms with E-state index in [0.717, 1.165) is 43.9 Å². The predicted molar refractivity (Wildman–Crippen MR) is 105 cm³/mol. The van der Waals surface area contributed by atoms with Crippen LogP contribution in [0.4, 0.5) is 13.2 Å². The molecule has 1 fully saturated rings. The first-order valence-corrected chi connectivity index (χ1v) is 9.87. The average molecular weight is 418 g/mol. The van der Waals surface area contributed by atoms with Crippen LogP contribution in [0.25, 0.3) is 10.9 Å². The lowest BCUT2D eigenvalue weighted by Crippen LogP contribution is -2.54. The number of nitrogens with one attached hydrogen (secondary N) is 2. The van der Waals surface area contributed by atoms with Gasteiger partial charge in [0.15, 0.2) is 6.29 Å². The van der Waals surface area contributed by atoms with Crippen molar-refractivity contribution in [3.63, 3.8) is 0 Å². The molecule has 2 N–H and O–H groups in total. The van der Waals surface area contributed by atoms with Crippen molar-refractivity contribution in [1.29, 1.82) is 0 Å². The van der Waals surface area contributed by atoms with Crippen LogP contribution >= 0.6 is 0 Å². The zero-order valence-electron chi connectivity index (χ0n) is 16.1. The number of alkyl halides is 3. The van der Waals surface area contributed by atoms with Gasteiger partial charge in [0.25, 0.3) is 0 Å². The Morgan fingerprint density at radius 1 is 1.23 bits per heavy atom. The molecule has 1 aromatic heterocycles. The first-order valence-electron chi connectivity index (χ1n) is 9.87. The SMILES string of the molecule is FC(F)(F)c1ccc2nccc(OCC3CCCN3C3=CCNC4N=CNN34)c2c1. The lowest BCUT2D eigenvalue weighted by Gasteiger charge is -2.39. The summed E-state index contributed by atoms with van der Waals surface area (Å²) in [6, 6.07) is 5.27. The third kappa shape index (κ3) is 3.41. The predicted octanol–water partition coefficient (Wildman–Crippen LogP) is 2.67. The number of fused-ring (bicyclic) bond motifs is 2. The third-order valence-corrected chi connectivity index (χ3v) is 5.62. The molecular weight excluding hydrogens is 397 g/mol. The Morgan fingerprint density at radius 2 is 2.13 bits per heavy atom. The summed E-state index contributed by atoms with van der Waals surface area (Å²) in [5.41, 5.74) is 2.91. The van der Waals surface area contributed by atoms with Crippen LogP contribution in [-0.2, 0) is 6.18 Å². The van der Waals surface area contributed by atoms with Gasteiger partial charge < -0.3 is 9.64 Å². The molecule has 2 unspecified atom stereocenters. The van der Waals surface area contributed by atoms with Crippen LogP contribution in [0.15, 0.2) is 47.4 Å². The number of nitrogens with zero attached hydrogens (tertiary/aromatic N) is 4. The summed E-state index contributed by atoms with van der Waals surface area (Å²) in [7, 11) is 0. The second-order valence-corrected chi connectivity index (χ2v) is 7.46. The minimum Gasteiger partial charge on any atom is -0.491 e. The van der Waals surface area contributed by atoms with Crippen LogP contribution in [0.2, 0.25) is 0 Å². The van der Waals surface area contributed by atoms with Gasteiger partial charge in [0, 0.05) is 24.7 Å². The second-order valence-electron chi connectivity index (χ2n) is 7.46. The van der Waals surface area contributed by atoms with E-state index in [1.165, 1.54) is 6.07 Å². The molecule has 0 aliphatic carbocycles. The van der Waals surface area contributed by atoms with Crippen LogP contribution in [0.3, 0.4) is 0 Å². The maximum atomic E-state index is 13.1. The molecule has 7 nitrogen and oxygen atoms in total. The van der Waals surface area contributed by atoms with Gasteiger partial charge in [-0.15, -0.1) is 0 Å². The maximum Gasteiger partial charge on any atom is 0.416 e. The van der Waals surface area contributed by atoms with Crippen LogP contribution in [0.5, 0.6) is 5.75 Å². The van der Waals surface area contributed by atoms with E-state index >= 15 is 0 Å². The van der Waals surface area contributed by atoms with E-state index in [2.05, 4.69) is 31.7 Å². The van der Waals surface area contributed by atoms with Gasteiger partial charge in [-0.25, -0.2) is 10.0 Å². The number of hydrogen-bond acceptors (Lipinski definition) is 7. The lowest BCUT2D eigenvalue weighted by molar-refractivity contribution is -0.137. The zero-order valence-corrected chi connectivity index (χ0v) is 16.1. The van der Waals surface area contributed by atoms with Crippen molar-refractivity contribution in [2.45, 2.75) is 31.3 Å². The standard InChI is InChI=1S/C20H21F3N6O/c21-20(22,23)13-3-4-16-15(10-13)17(5-7-24-16)30-11-14-2-1-9-28(14)18-6-8-25-19-26-12-27-29(18)19/h3-7,10,12,14,19,25H,1-2,8-9,11H2,(H,26,27). The molecule has 0 radical (unpaired) electrons. The normalized spacial score (nSPS) is 23.5. The monoisotopic (exact) mass is 418 g/mol. The second kappa shape index (κ2) is 7.35. The van der Waals surface area contributed by atoms with Crippen molar-refractivity contribution in [3.05, 3.63) is 47.9 Å². The van der Waals surface area contributed by atoms with Crippen molar-refractivity contribution in [2.75, 3.05) is 19.7 Å². The molecule has 0 bridgehead atoms. The summed E-state index contributed by atoms with van der Waals surface area (Å²) in [6.07, 6.45) is 2.76. The van der Waals surface area contributed by atoms with Gasteiger partial charge in [0.2, 0.25) is 0 Å². The Morgan fingerprint density at radius 3 is 3.00 bits per heavy atom. The van der Waals surface area contributed by atoms with Crippen molar-refractivity contribution in [2.24, 2.45) is 4.99 Å². The van der Waals surface area contributed by atoms with E-state index in [1.54, 1.807) is 18.6 Å². The van der Waals surface area contributed by atoms with Gasteiger partial charge >= 0.3 is 6.18 Å². The Bertz CT molecular complexity index is 1010. The quantitative estimate of drug-likeness (QED) is 0.796. The van der Waals surface area contributed by atoms with Gasteiger partial charge in [0.1, 0.15) is 24.5 Å². The number of hydrazine groups is 1. The van der Waals surface area contributed by atoms with E-state index in [0.29, 0.717) is 23.3 Å². The molecule has 5 rings (SSSR count). The van der Waals surface area contributed by atoms with E-state index in [1.807, 2.05) is 5.01 Å². The lowest BCUT2D eigenvalue weighted by atomic mass is 10.1. The fourth-order valence-corrected chi connectivity index (χ4v) is 4.17. The molecule has 0 spiro atoms. The van der Waals surface area contributed by atoms with Crippen LogP contribution < -0.4 is 15.5 Å². The molecule has 0 amide bonds. The Kier molecular flexibility index (Phi) is 4.65. The summed E-state index contributed by atoms with van der Waals surface area (Å²) >= 11 is 0. The maximum absolute atomic E-state index is 13.1. The van der Waals surface area contributed by atoms with E-state index in [4.69, 9.17) is 4.74 Å². The minimum absolute atomic E-state index is 0.117. The summed E-state index contributed by atoms with van der Waals surface area (Å²) < 4.78 is 45.5. The molecule has 2 aromatic rings. The molecule has 3 aliphatic heterocycles. The zero-order chi connectivity index (χ0) is 20.7. The Hall–Kier alpha value is -3.01. The fourth-order valence-electron chi connectivity index (χ4n) is 4.17. The summed E-state index contributed by atoms with van der Waals surface area (Å²) in [4.78, 5) is 10.8. The minimum atomic E-state index is -4.41. The largest absolute Gasteiger partial charge is 0.491 e. The van der Waals surface area contributed by atoms with Crippen molar-refractivity contribution < 1.29 is 17.9 Å². The number of hydrogen-bond donors (Lipinski definition) is 2. The molecule has 10 heteroatoms. The average Bonchev–Trinajstić information content (AvgIpc) is 3.40. The smallest absolute Gasteiger partial charge is 0.416 e. The summed E-state index contributed by atoms with van der Waals surface area (Å²) in [5.74, 6) is 1.46. The highest BCUT2D eigenvalue weighted by Crippen LogP contribution is 2.34. The van der Waals surface area contributed by atoms with Crippen LogP contribution in [-0.4, -0.2) is 53.3 Å². The fraction of sp³-hybridized carbons (Fsp3) is 0.400. The summed E-state index contributed by atoms with van der Waals surface area (Å²) in [6.45, 7) is 1.98. The first kappa shape index (κ1) is 19.0. The topological polar surface area (TPSA) is 65.0 Å². The van der Waals surface area contributed by atoms with Gasteiger partial charge in [0.05, 0.1) is 17.1 Å². The molecule has 1 saturated heterocycles. The van der Waals surface area contributed by atoms with Crippen LogP contribution in [0.1, 0.15) is 18.4 Å². The molecule has 0 saturated carbocycles. The molecule has 1 aromatic carbocycles. The molecule has 3 aliphatic rings. The first-order chi connectivity index (χ1) is 14.5. The Labute approximate surface area is 171 Å². The highest BCUT2D eigenvalue weighted by atomic mass is 19.4. The molecule has 2 atom stereocenters. The highest BCUT2D eigenvalue weighted by Gasteiger charge is 2.35. The van der Waals surface area contributed by atoms with Crippen molar-refractivity contribution in [3.8, 4) is 5.75 Å². The summed E-state index contributed by atoms with van der Waals surface area (Å²) in [5, 5.41) is 5.62. The molecule has 4 heterocycles. The highest BCUT2D eigenvalue weighted by molar-refractivity contribution is 5.85. The molecular formula is C20H21F3N6O. The number of benzene rings is 1. The third-order valence-electron chi connectivity index (χ3n) is 5.62. The number of aliphatic imine (C=N–C) groups is 1. The number of pyridine rings is 1. The number of ether oxygens (including phenoxy) is 1. The number of halogens is 3. The van der Waals surface area contributed by atoms with Gasteiger partial charge in [-0.3, -0.25) is 15.7 Å². The number of rotatable bonds is 4. The van der Waals surface area contributed by atoms with E-state index < -0.39 is 11.7 Å². The van der Waals surface area contributed by atoms with Crippen molar-refractivity contribution in [1.82, 2.24) is 25.6 Å². The van der Waals surface area contributed by atoms with E-state index in [-0.39, 0.29) is 12.3 Å². The van der Waals surface area contributed by atoms with Crippen molar-refractivity contribution >= 4 is 17.2 Å². The van der Waals surface area contributed by atoms with Gasteiger partial charge in [-0.05, 0) is 43.2 Å². The Balaban J connectivity index is 1.35. The van der Waals surface area contributed by atoms with Gasteiger partial charge in [-0.2, -0.15) is 13.2 Å². The number of likely N-dealkylation sites (tertiary alicyclic amines) is 1.